The highest BCUT2D eigenvalue weighted by Crippen LogP contribution is 2.41. The van der Waals surface area contributed by atoms with E-state index in [9.17, 15) is 14.9 Å². The lowest BCUT2D eigenvalue weighted by atomic mass is 9.83. The third-order valence-electron chi connectivity index (χ3n) is 6.79. The third kappa shape index (κ3) is 4.18. The number of nitro benzene ring substituents is 1. The largest absolute Gasteiger partial charge is 0.490 e. The fraction of sp³-hybridized carbons (Fsp3) is 0.133. The molecule has 0 fully saturated rings. The Morgan fingerprint density at radius 3 is 2.79 bits per heavy atom. The molecule has 0 amide bonds. The Labute approximate surface area is 222 Å². The molecule has 1 aliphatic carbocycles. The highest BCUT2D eigenvalue weighted by molar-refractivity contribution is 7.07. The molecule has 2 aliphatic rings. The highest BCUT2D eigenvalue weighted by atomic mass is 32.1. The second-order valence-corrected chi connectivity index (χ2v) is 10.1. The van der Waals surface area contributed by atoms with E-state index >= 15 is 0 Å². The van der Waals surface area contributed by atoms with Gasteiger partial charge in [-0.05, 0) is 53.3 Å². The molecule has 3 aromatic carbocycles. The van der Waals surface area contributed by atoms with Gasteiger partial charge in [0.05, 0.1) is 21.2 Å². The van der Waals surface area contributed by atoms with Crippen LogP contribution in [0, 0.1) is 10.1 Å². The van der Waals surface area contributed by atoms with Crippen LogP contribution >= 0.6 is 11.3 Å². The molecule has 0 saturated carbocycles. The summed E-state index contributed by atoms with van der Waals surface area (Å²) >= 11 is 1.32. The molecule has 0 radical (unpaired) electrons. The Morgan fingerprint density at radius 2 is 1.95 bits per heavy atom. The fourth-order valence-corrected chi connectivity index (χ4v) is 6.13. The first-order valence-corrected chi connectivity index (χ1v) is 13.1. The number of aromatic nitrogens is 1. The van der Waals surface area contributed by atoms with Gasteiger partial charge in [-0.25, -0.2) is 4.99 Å². The summed E-state index contributed by atoms with van der Waals surface area (Å²) in [6.45, 7) is 4.07. The number of hydrogen-bond acceptors (Lipinski definition) is 6. The van der Waals surface area contributed by atoms with Crippen molar-refractivity contribution in [3.05, 3.63) is 143 Å². The Kier molecular flexibility index (Phi) is 6.09. The van der Waals surface area contributed by atoms with E-state index in [0.29, 0.717) is 33.7 Å². The quantitative estimate of drug-likeness (QED) is 0.207. The van der Waals surface area contributed by atoms with E-state index in [1.165, 1.54) is 23.0 Å². The number of fused-ring (bicyclic) bond motifs is 3. The molecule has 38 heavy (non-hydrogen) atoms. The maximum absolute atomic E-state index is 13.9. The lowest BCUT2D eigenvalue weighted by Crippen LogP contribution is -2.38. The Balaban J connectivity index is 1.57. The van der Waals surface area contributed by atoms with Crippen LogP contribution in [0.15, 0.2) is 101 Å². The number of non-ortho nitro benzene ring substituents is 1. The zero-order valence-electron chi connectivity index (χ0n) is 20.4. The van der Waals surface area contributed by atoms with Gasteiger partial charge in [-0.15, -0.1) is 0 Å². The first kappa shape index (κ1) is 23.8. The Hall–Kier alpha value is -4.56. The number of nitro groups is 1. The summed E-state index contributed by atoms with van der Waals surface area (Å²) in [5.41, 5.74) is 5.48. The van der Waals surface area contributed by atoms with Gasteiger partial charge in [0.2, 0.25) is 0 Å². The van der Waals surface area contributed by atoms with Crippen LogP contribution in [0.4, 0.5) is 5.69 Å². The van der Waals surface area contributed by atoms with E-state index in [1.54, 1.807) is 22.8 Å². The number of allylic oxidation sites excluding steroid dienone is 1. The molecule has 0 N–H and O–H groups in total. The van der Waals surface area contributed by atoms with Crippen molar-refractivity contribution < 1.29 is 9.66 Å². The predicted molar refractivity (Wildman–Crippen MR) is 148 cm³/mol. The molecule has 4 aromatic rings. The average molecular weight is 522 g/mol. The van der Waals surface area contributed by atoms with E-state index in [1.807, 2.05) is 48.5 Å². The van der Waals surface area contributed by atoms with E-state index in [2.05, 4.69) is 18.7 Å². The Morgan fingerprint density at radius 1 is 1.11 bits per heavy atom. The van der Waals surface area contributed by atoms with Crippen LogP contribution in [0.1, 0.15) is 34.7 Å². The normalized spacial score (nSPS) is 16.2. The summed E-state index contributed by atoms with van der Waals surface area (Å²) in [4.78, 5) is 30.6. The second-order valence-electron chi connectivity index (χ2n) is 9.14. The fourth-order valence-electron chi connectivity index (χ4n) is 5.13. The van der Waals surface area contributed by atoms with Gasteiger partial charge in [-0.1, -0.05) is 72.5 Å². The van der Waals surface area contributed by atoms with E-state index in [0.717, 1.165) is 28.8 Å². The standard InChI is InChI=1S/C30H23N3O4S/c1-2-15-37-23-11-5-7-19(16-23)17-26-29(34)32-28(21-9-6-10-22(18-21)33(35)36)25-14-13-20-8-3-4-12-24(20)27(25)31-30(32)38-26/h2-12,16-18,28H,1,13-15H2. The van der Waals surface area contributed by atoms with Crippen molar-refractivity contribution in [2.24, 2.45) is 4.99 Å². The van der Waals surface area contributed by atoms with Gasteiger partial charge in [-0.2, -0.15) is 0 Å². The summed E-state index contributed by atoms with van der Waals surface area (Å²) < 4.78 is 7.88. The molecular weight excluding hydrogens is 498 g/mol. The van der Waals surface area contributed by atoms with Crippen LogP contribution in [0.2, 0.25) is 0 Å². The highest BCUT2D eigenvalue weighted by Gasteiger charge is 2.33. The summed E-state index contributed by atoms with van der Waals surface area (Å²) in [5, 5.41) is 11.6. The van der Waals surface area contributed by atoms with Crippen LogP contribution in [-0.4, -0.2) is 16.1 Å². The molecule has 188 valence electrons. The number of aryl methyl sites for hydroxylation is 1. The average Bonchev–Trinajstić information content (AvgIpc) is 3.25. The number of rotatable bonds is 6. The summed E-state index contributed by atoms with van der Waals surface area (Å²) in [7, 11) is 0. The predicted octanol–water partition coefficient (Wildman–Crippen LogP) is 4.79. The van der Waals surface area contributed by atoms with Gasteiger partial charge in [0.1, 0.15) is 12.4 Å². The van der Waals surface area contributed by atoms with Gasteiger partial charge < -0.3 is 4.74 Å². The zero-order valence-corrected chi connectivity index (χ0v) is 21.2. The molecular formula is C30H23N3O4S. The minimum atomic E-state index is -0.473. The van der Waals surface area contributed by atoms with Crippen molar-refractivity contribution in [1.82, 2.24) is 4.57 Å². The third-order valence-corrected chi connectivity index (χ3v) is 7.78. The molecule has 1 aromatic heterocycles. The number of hydrogen-bond donors (Lipinski definition) is 0. The number of ether oxygens (including phenoxy) is 1. The van der Waals surface area contributed by atoms with Gasteiger partial charge in [0.15, 0.2) is 4.80 Å². The van der Waals surface area contributed by atoms with Gasteiger partial charge >= 0.3 is 0 Å². The lowest BCUT2D eigenvalue weighted by Gasteiger charge is -2.30. The summed E-state index contributed by atoms with van der Waals surface area (Å²) in [6, 6.07) is 21.8. The smallest absolute Gasteiger partial charge is 0.271 e. The molecule has 1 atom stereocenters. The van der Waals surface area contributed by atoms with Crippen LogP contribution < -0.4 is 19.6 Å². The van der Waals surface area contributed by atoms with Crippen LogP contribution in [0.5, 0.6) is 5.75 Å². The van der Waals surface area contributed by atoms with Crippen LogP contribution in [0.25, 0.3) is 11.8 Å². The van der Waals surface area contributed by atoms with Crippen molar-refractivity contribution in [3.8, 4) is 5.75 Å². The minimum absolute atomic E-state index is 0.00340. The molecule has 0 saturated heterocycles. The minimum Gasteiger partial charge on any atom is -0.490 e. The van der Waals surface area contributed by atoms with Crippen molar-refractivity contribution in [3.63, 3.8) is 0 Å². The molecule has 0 spiro atoms. The molecule has 8 heteroatoms. The molecule has 0 bridgehead atoms. The van der Waals surface area contributed by atoms with Crippen molar-refractivity contribution in [2.45, 2.75) is 18.9 Å². The van der Waals surface area contributed by atoms with Crippen LogP contribution in [0.3, 0.4) is 0 Å². The molecule has 2 heterocycles. The van der Waals surface area contributed by atoms with E-state index in [-0.39, 0.29) is 11.2 Å². The van der Waals surface area contributed by atoms with Crippen molar-refractivity contribution >= 4 is 28.8 Å². The Bertz CT molecular complexity index is 1820. The van der Waals surface area contributed by atoms with Crippen molar-refractivity contribution in [1.29, 1.82) is 0 Å². The van der Waals surface area contributed by atoms with E-state index in [4.69, 9.17) is 9.73 Å². The molecule has 7 nitrogen and oxygen atoms in total. The summed E-state index contributed by atoms with van der Waals surface area (Å²) in [5.74, 6) is 0.688. The lowest BCUT2D eigenvalue weighted by molar-refractivity contribution is -0.384. The second kappa shape index (κ2) is 9.72. The maximum Gasteiger partial charge on any atom is 0.271 e. The first-order chi connectivity index (χ1) is 18.5. The number of nitrogens with zero attached hydrogens (tertiary/aromatic N) is 3. The maximum atomic E-state index is 13.9. The number of benzene rings is 3. The molecule has 6 rings (SSSR count). The summed E-state index contributed by atoms with van der Waals surface area (Å²) in [6.07, 6.45) is 5.05. The molecule has 1 aliphatic heterocycles. The van der Waals surface area contributed by atoms with Gasteiger partial charge in [0.25, 0.3) is 11.2 Å². The number of thiazole rings is 1. The zero-order chi connectivity index (χ0) is 26.2. The topological polar surface area (TPSA) is 86.7 Å². The van der Waals surface area contributed by atoms with E-state index < -0.39 is 11.0 Å². The van der Waals surface area contributed by atoms with Crippen LogP contribution in [-0.2, 0) is 6.42 Å². The van der Waals surface area contributed by atoms with Crippen molar-refractivity contribution in [2.75, 3.05) is 6.61 Å². The van der Waals surface area contributed by atoms with Gasteiger partial charge in [-0.3, -0.25) is 19.5 Å². The molecule has 1 unspecified atom stereocenters. The first-order valence-electron chi connectivity index (χ1n) is 12.2. The van der Waals surface area contributed by atoms with Gasteiger partial charge in [0, 0.05) is 17.7 Å². The monoisotopic (exact) mass is 521 g/mol. The SMILES string of the molecule is C=CCOc1cccc(C=c2sc3n(c2=O)C(c2cccc([N+](=O)[O-])c2)C2=C(N=3)c3ccccc3CC2)c1.